The fourth-order valence-corrected chi connectivity index (χ4v) is 2.67. The van der Waals surface area contributed by atoms with Crippen molar-refractivity contribution in [1.29, 1.82) is 0 Å². The topological polar surface area (TPSA) is 52.6 Å². The molecular weight excluding hydrogens is 264 g/mol. The molecule has 21 heavy (non-hydrogen) atoms. The second kappa shape index (κ2) is 8.15. The lowest BCUT2D eigenvalue weighted by molar-refractivity contribution is -0.146. The molecule has 0 saturated heterocycles. The van der Waals surface area contributed by atoms with Crippen LogP contribution in [0, 0.1) is 5.92 Å². The minimum atomic E-state index is -1.06. The van der Waals surface area contributed by atoms with Crippen LogP contribution in [0.15, 0.2) is 30.3 Å². The van der Waals surface area contributed by atoms with Crippen LogP contribution >= 0.6 is 0 Å². The van der Waals surface area contributed by atoms with Crippen LogP contribution in [-0.2, 0) is 10.3 Å². The van der Waals surface area contributed by atoms with Crippen molar-refractivity contribution < 1.29 is 9.90 Å². The first kappa shape index (κ1) is 17.7. The first-order valence-corrected chi connectivity index (χ1v) is 7.68. The number of aliphatic carboxylic acids is 1. The molecular formula is C17H28N2O2. The van der Waals surface area contributed by atoms with Gasteiger partial charge in [-0.2, -0.15) is 0 Å². The number of likely N-dealkylation sites (N-methyl/N-ethyl adjacent to an activating group) is 2. The molecule has 0 radical (unpaired) electrons. The summed E-state index contributed by atoms with van der Waals surface area (Å²) in [6.45, 7) is 8.24. The van der Waals surface area contributed by atoms with Gasteiger partial charge in [-0.1, -0.05) is 57.5 Å². The summed E-state index contributed by atoms with van der Waals surface area (Å²) in [5.41, 5.74) is -0.256. The molecule has 4 nitrogen and oxygen atoms in total. The molecule has 1 rings (SSSR count). The highest BCUT2D eigenvalue weighted by Gasteiger charge is 2.40. The quantitative estimate of drug-likeness (QED) is 0.734. The summed E-state index contributed by atoms with van der Waals surface area (Å²) in [5, 5.41) is 13.1. The fourth-order valence-electron chi connectivity index (χ4n) is 2.67. The van der Waals surface area contributed by atoms with E-state index in [1.807, 2.05) is 44.3 Å². The largest absolute Gasteiger partial charge is 0.480 e. The molecule has 118 valence electrons. The van der Waals surface area contributed by atoms with E-state index in [1.54, 1.807) is 0 Å². The smallest absolute Gasteiger partial charge is 0.329 e. The van der Waals surface area contributed by atoms with Crippen molar-refractivity contribution in [3.8, 4) is 0 Å². The third kappa shape index (κ3) is 4.55. The standard InChI is InChI=1S/C17H28N2O2/c1-5-14(3)12-19(4)13-17(16(20)21,18-6-2)15-10-8-7-9-11-15/h7-11,14,18H,5-6,12-13H2,1-4H3,(H,20,21). The number of rotatable bonds is 9. The summed E-state index contributed by atoms with van der Waals surface area (Å²) >= 11 is 0. The molecule has 2 unspecified atom stereocenters. The molecule has 0 aromatic heterocycles. The van der Waals surface area contributed by atoms with Gasteiger partial charge in [0.1, 0.15) is 0 Å². The predicted octanol–water partition coefficient (Wildman–Crippen LogP) is 2.55. The van der Waals surface area contributed by atoms with Crippen LogP contribution in [0.2, 0.25) is 0 Å². The molecule has 0 spiro atoms. The molecule has 0 amide bonds. The highest BCUT2D eigenvalue weighted by molar-refractivity contribution is 5.81. The minimum Gasteiger partial charge on any atom is -0.480 e. The Morgan fingerprint density at radius 3 is 2.43 bits per heavy atom. The van der Waals surface area contributed by atoms with Gasteiger partial charge in [0.05, 0.1) is 0 Å². The predicted molar refractivity (Wildman–Crippen MR) is 86.4 cm³/mol. The number of hydrogen-bond acceptors (Lipinski definition) is 3. The first-order chi connectivity index (χ1) is 9.96. The first-order valence-electron chi connectivity index (χ1n) is 7.68. The Balaban J connectivity index is 3.04. The summed E-state index contributed by atoms with van der Waals surface area (Å²) < 4.78 is 0. The molecule has 0 fully saturated rings. The third-order valence-corrected chi connectivity index (χ3v) is 3.94. The SMILES string of the molecule is CCNC(CN(C)CC(C)CC)(C(=O)O)c1ccccc1. The lowest BCUT2D eigenvalue weighted by Gasteiger charge is -2.35. The molecule has 0 aliphatic rings. The van der Waals surface area contributed by atoms with E-state index in [-0.39, 0.29) is 0 Å². The number of nitrogens with one attached hydrogen (secondary N) is 1. The molecule has 0 saturated carbocycles. The van der Waals surface area contributed by atoms with Crippen molar-refractivity contribution in [3.63, 3.8) is 0 Å². The van der Waals surface area contributed by atoms with Gasteiger partial charge in [0, 0.05) is 13.1 Å². The normalized spacial score (nSPS) is 15.7. The van der Waals surface area contributed by atoms with Crippen molar-refractivity contribution in [3.05, 3.63) is 35.9 Å². The van der Waals surface area contributed by atoms with Crippen LogP contribution in [0.4, 0.5) is 0 Å². The van der Waals surface area contributed by atoms with Crippen LogP contribution in [0.3, 0.4) is 0 Å². The van der Waals surface area contributed by atoms with E-state index in [4.69, 9.17) is 0 Å². The summed E-state index contributed by atoms with van der Waals surface area (Å²) in [6, 6.07) is 9.45. The molecule has 1 aromatic rings. The molecule has 0 heterocycles. The van der Waals surface area contributed by atoms with E-state index in [9.17, 15) is 9.90 Å². The number of carboxylic acid groups (broad SMARTS) is 1. The monoisotopic (exact) mass is 292 g/mol. The van der Waals surface area contributed by atoms with Gasteiger partial charge in [-0.3, -0.25) is 5.32 Å². The summed E-state index contributed by atoms with van der Waals surface area (Å²) in [6.07, 6.45) is 1.09. The Morgan fingerprint density at radius 1 is 1.33 bits per heavy atom. The number of carbonyl (C=O) groups is 1. The Hall–Kier alpha value is -1.39. The number of benzene rings is 1. The summed E-state index contributed by atoms with van der Waals surface area (Å²) in [4.78, 5) is 14.1. The highest BCUT2D eigenvalue weighted by Crippen LogP contribution is 2.23. The van der Waals surface area contributed by atoms with Crippen molar-refractivity contribution >= 4 is 5.97 Å². The fraction of sp³-hybridized carbons (Fsp3) is 0.588. The maximum Gasteiger partial charge on any atom is 0.329 e. The van der Waals surface area contributed by atoms with Gasteiger partial charge in [-0.25, -0.2) is 4.79 Å². The van der Waals surface area contributed by atoms with Gasteiger partial charge < -0.3 is 10.0 Å². The van der Waals surface area contributed by atoms with Crippen LogP contribution in [0.5, 0.6) is 0 Å². The van der Waals surface area contributed by atoms with E-state index in [0.29, 0.717) is 19.0 Å². The van der Waals surface area contributed by atoms with Crippen LogP contribution < -0.4 is 5.32 Å². The molecule has 1 aromatic carbocycles. The Kier molecular flexibility index (Phi) is 6.85. The van der Waals surface area contributed by atoms with Crippen molar-refractivity contribution in [2.75, 3.05) is 26.7 Å². The number of hydrogen-bond donors (Lipinski definition) is 2. The van der Waals surface area contributed by atoms with Crippen LogP contribution in [0.1, 0.15) is 32.8 Å². The van der Waals surface area contributed by atoms with E-state index >= 15 is 0 Å². The van der Waals surface area contributed by atoms with Gasteiger partial charge in [0.15, 0.2) is 5.54 Å². The zero-order valence-corrected chi connectivity index (χ0v) is 13.6. The van der Waals surface area contributed by atoms with Gasteiger partial charge in [-0.05, 0) is 25.1 Å². The zero-order valence-electron chi connectivity index (χ0n) is 13.6. The highest BCUT2D eigenvalue weighted by atomic mass is 16.4. The molecule has 0 aliphatic carbocycles. The average molecular weight is 292 g/mol. The van der Waals surface area contributed by atoms with Crippen LogP contribution in [-0.4, -0.2) is 42.7 Å². The average Bonchev–Trinajstić information content (AvgIpc) is 2.47. The second-order valence-corrected chi connectivity index (χ2v) is 5.82. The third-order valence-electron chi connectivity index (χ3n) is 3.94. The van der Waals surface area contributed by atoms with Gasteiger partial charge >= 0.3 is 5.97 Å². The minimum absolute atomic E-state index is 0.449. The van der Waals surface area contributed by atoms with Crippen molar-refractivity contribution in [2.24, 2.45) is 5.92 Å². The van der Waals surface area contributed by atoms with Gasteiger partial charge in [-0.15, -0.1) is 0 Å². The summed E-state index contributed by atoms with van der Waals surface area (Å²) in [5.74, 6) is -0.273. The van der Waals surface area contributed by atoms with E-state index < -0.39 is 11.5 Å². The van der Waals surface area contributed by atoms with E-state index in [0.717, 1.165) is 18.5 Å². The Morgan fingerprint density at radius 2 is 1.95 bits per heavy atom. The summed E-state index contributed by atoms with van der Waals surface area (Å²) in [7, 11) is 1.99. The van der Waals surface area contributed by atoms with Crippen molar-refractivity contribution in [2.45, 2.75) is 32.7 Å². The molecule has 0 bridgehead atoms. The van der Waals surface area contributed by atoms with E-state index in [1.165, 1.54) is 0 Å². The zero-order chi connectivity index (χ0) is 15.9. The number of nitrogens with zero attached hydrogens (tertiary/aromatic N) is 1. The lowest BCUT2D eigenvalue weighted by Crippen LogP contribution is -2.56. The van der Waals surface area contributed by atoms with Crippen molar-refractivity contribution in [1.82, 2.24) is 10.2 Å². The molecule has 0 aliphatic heterocycles. The molecule has 2 atom stereocenters. The number of carboxylic acids is 1. The second-order valence-electron chi connectivity index (χ2n) is 5.82. The van der Waals surface area contributed by atoms with Crippen LogP contribution in [0.25, 0.3) is 0 Å². The Bertz CT molecular complexity index is 436. The lowest BCUT2D eigenvalue weighted by atomic mass is 9.88. The van der Waals surface area contributed by atoms with E-state index in [2.05, 4.69) is 24.1 Å². The maximum atomic E-state index is 12.0. The molecule has 4 heteroatoms. The maximum absolute atomic E-state index is 12.0. The molecule has 2 N–H and O–H groups in total. The van der Waals surface area contributed by atoms with Gasteiger partial charge in [0.2, 0.25) is 0 Å². The van der Waals surface area contributed by atoms with Gasteiger partial charge in [0.25, 0.3) is 0 Å². The Labute approximate surface area is 128 Å².